The van der Waals surface area contributed by atoms with Crippen molar-refractivity contribution in [2.45, 2.75) is 25.4 Å². The van der Waals surface area contributed by atoms with Crippen LogP contribution in [0.15, 0.2) is 55.4 Å². The van der Waals surface area contributed by atoms with E-state index < -0.39 is 18.6 Å². The number of fused-ring (bicyclic) bond motifs is 2. The molecule has 1 aliphatic heterocycles. The highest BCUT2D eigenvalue weighted by molar-refractivity contribution is 5.96. The highest BCUT2D eigenvalue weighted by atomic mass is 19.3. The fourth-order valence-corrected chi connectivity index (χ4v) is 4.70. The number of nitrogens with zero attached hydrogens (tertiary/aromatic N) is 7. The number of rotatable bonds is 7. The first-order valence-electron chi connectivity index (χ1n) is 12.6. The summed E-state index contributed by atoms with van der Waals surface area (Å²) in [5.41, 5.74) is 2.64. The molecule has 1 fully saturated rings. The third kappa shape index (κ3) is 4.91. The van der Waals surface area contributed by atoms with Crippen LogP contribution >= 0.6 is 0 Å². The number of nitrogens with one attached hydrogen (secondary N) is 1. The highest BCUT2D eigenvalue weighted by Crippen LogP contribution is 2.41. The molecular weight excluding hydrogens is 522 g/mol. The maximum atomic E-state index is 14.9. The standard InChI is InChI=1S/C27H26F2N8O3/c1-16-10-17(4-5-20(16)39-18-6-9-37-15-33-35-22(37)11-18)34-25-23-19(31-14-32-25)12-30-26(38-3)24(23)40-21-7-8-36(2)13-27(21,28)29/h4-6,9-12,14-15,21H,7-8,13H2,1-3H3,(H,31,32,34)/t21-/m0/s1. The van der Waals surface area contributed by atoms with E-state index in [4.69, 9.17) is 14.2 Å². The molecule has 13 heteroatoms. The van der Waals surface area contributed by atoms with Crippen LogP contribution in [0.1, 0.15) is 12.0 Å². The summed E-state index contributed by atoms with van der Waals surface area (Å²) in [6, 6.07) is 9.17. The number of aryl methyl sites for hydroxylation is 1. The van der Waals surface area contributed by atoms with Gasteiger partial charge in [0.15, 0.2) is 17.5 Å². The van der Waals surface area contributed by atoms with E-state index in [1.165, 1.54) is 19.6 Å². The molecule has 0 aliphatic carbocycles. The molecule has 0 amide bonds. The van der Waals surface area contributed by atoms with Gasteiger partial charge in [-0.05, 0) is 43.8 Å². The normalized spacial score (nSPS) is 17.2. The predicted octanol–water partition coefficient (Wildman–Crippen LogP) is 4.64. The number of hydrogen-bond acceptors (Lipinski definition) is 10. The maximum absolute atomic E-state index is 14.9. The lowest BCUT2D eigenvalue weighted by Crippen LogP contribution is -2.52. The zero-order valence-electron chi connectivity index (χ0n) is 22.0. The van der Waals surface area contributed by atoms with Gasteiger partial charge in [0, 0.05) is 30.9 Å². The van der Waals surface area contributed by atoms with Crippen molar-refractivity contribution in [2.24, 2.45) is 0 Å². The lowest BCUT2D eigenvalue weighted by atomic mass is 10.0. The minimum absolute atomic E-state index is 0.0675. The molecule has 0 saturated carbocycles. The Morgan fingerprint density at radius 3 is 2.80 bits per heavy atom. The van der Waals surface area contributed by atoms with Crippen LogP contribution < -0.4 is 19.5 Å². The van der Waals surface area contributed by atoms with Crippen molar-refractivity contribution in [2.75, 3.05) is 32.6 Å². The molecule has 206 valence electrons. The van der Waals surface area contributed by atoms with Gasteiger partial charge in [-0.3, -0.25) is 4.40 Å². The van der Waals surface area contributed by atoms with Gasteiger partial charge in [0.1, 0.15) is 30.0 Å². The Morgan fingerprint density at radius 2 is 2.00 bits per heavy atom. The van der Waals surface area contributed by atoms with E-state index in [1.807, 2.05) is 37.4 Å². The third-order valence-electron chi connectivity index (χ3n) is 6.72. The smallest absolute Gasteiger partial charge is 0.296 e. The first kappa shape index (κ1) is 25.6. The van der Waals surface area contributed by atoms with Gasteiger partial charge in [-0.25, -0.2) is 23.7 Å². The number of hydrogen-bond donors (Lipinski definition) is 1. The minimum atomic E-state index is -3.06. The van der Waals surface area contributed by atoms with Gasteiger partial charge < -0.3 is 24.4 Å². The average molecular weight is 549 g/mol. The molecule has 11 nitrogen and oxygen atoms in total. The van der Waals surface area contributed by atoms with Gasteiger partial charge in [0.05, 0.1) is 30.8 Å². The Balaban J connectivity index is 1.31. The number of piperidine rings is 1. The highest BCUT2D eigenvalue weighted by Gasteiger charge is 2.46. The fourth-order valence-electron chi connectivity index (χ4n) is 4.70. The molecule has 0 bridgehead atoms. The maximum Gasteiger partial charge on any atom is 0.296 e. The summed E-state index contributed by atoms with van der Waals surface area (Å²) in [7, 11) is 3.07. The van der Waals surface area contributed by atoms with E-state index in [2.05, 4.69) is 30.5 Å². The molecule has 1 aromatic carbocycles. The summed E-state index contributed by atoms with van der Waals surface area (Å²) < 4.78 is 49.0. The summed E-state index contributed by atoms with van der Waals surface area (Å²) >= 11 is 0. The van der Waals surface area contributed by atoms with Crippen molar-refractivity contribution < 1.29 is 23.0 Å². The molecule has 0 unspecified atom stereocenters. The van der Waals surface area contributed by atoms with Crippen LogP contribution in [0, 0.1) is 6.92 Å². The van der Waals surface area contributed by atoms with E-state index in [1.54, 1.807) is 28.7 Å². The number of likely N-dealkylation sites (tertiary alicyclic amines) is 1. The van der Waals surface area contributed by atoms with Crippen LogP contribution in [0.2, 0.25) is 0 Å². The zero-order chi connectivity index (χ0) is 27.9. The van der Waals surface area contributed by atoms with Crippen LogP contribution in [-0.2, 0) is 0 Å². The summed E-state index contributed by atoms with van der Waals surface area (Å²) in [6.07, 6.45) is 5.09. The second-order valence-electron chi connectivity index (χ2n) is 9.64. The van der Waals surface area contributed by atoms with Gasteiger partial charge >= 0.3 is 0 Å². The van der Waals surface area contributed by atoms with Crippen molar-refractivity contribution >= 4 is 28.1 Å². The molecule has 0 radical (unpaired) electrons. The van der Waals surface area contributed by atoms with E-state index in [0.29, 0.717) is 46.1 Å². The molecule has 40 heavy (non-hydrogen) atoms. The Kier molecular flexibility index (Phi) is 6.50. The number of aromatic nitrogens is 6. The zero-order valence-corrected chi connectivity index (χ0v) is 22.0. The van der Waals surface area contributed by atoms with E-state index >= 15 is 0 Å². The molecule has 6 rings (SSSR count). The van der Waals surface area contributed by atoms with Gasteiger partial charge in [-0.1, -0.05) is 0 Å². The van der Waals surface area contributed by atoms with E-state index in [0.717, 1.165) is 5.56 Å². The lowest BCUT2D eigenvalue weighted by molar-refractivity contribution is -0.135. The van der Waals surface area contributed by atoms with Crippen molar-refractivity contribution in [1.29, 1.82) is 0 Å². The van der Waals surface area contributed by atoms with Crippen molar-refractivity contribution in [3.63, 3.8) is 0 Å². The van der Waals surface area contributed by atoms with Crippen molar-refractivity contribution in [3.05, 3.63) is 60.9 Å². The second kappa shape index (κ2) is 10.2. The van der Waals surface area contributed by atoms with Gasteiger partial charge in [0.2, 0.25) is 0 Å². The number of pyridine rings is 2. The van der Waals surface area contributed by atoms with Gasteiger partial charge in [0.25, 0.3) is 11.8 Å². The third-order valence-corrected chi connectivity index (χ3v) is 6.72. The van der Waals surface area contributed by atoms with Crippen LogP contribution in [-0.4, -0.2) is 73.7 Å². The van der Waals surface area contributed by atoms with Crippen molar-refractivity contribution in [3.8, 4) is 23.1 Å². The monoisotopic (exact) mass is 548 g/mol. The Labute approximate surface area is 227 Å². The number of alkyl halides is 2. The van der Waals surface area contributed by atoms with Gasteiger partial charge in [-0.15, -0.1) is 10.2 Å². The molecular formula is C27H26F2N8O3. The molecule has 1 aliphatic rings. The number of halogens is 2. The number of methoxy groups -OCH3 is 1. The number of ether oxygens (including phenoxy) is 3. The van der Waals surface area contributed by atoms with Crippen molar-refractivity contribution in [1.82, 2.24) is 34.4 Å². The van der Waals surface area contributed by atoms with Gasteiger partial charge in [-0.2, -0.15) is 0 Å². The molecule has 1 saturated heterocycles. The van der Waals surface area contributed by atoms with E-state index in [9.17, 15) is 8.78 Å². The lowest BCUT2D eigenvalue weighted by Gasteiger charge is -2.36. The Bertz CT molecular complexity index is 1700. The first-order valence-corrected chi connectivity index (χ1v) is 12.6. The minimum Gasteiger partial charge on any atom is -0.478 e. The number of benzene rings is 1. The Morgan fingerprint density at radius 1 is 1.12 bits per heavy atom. The topological polar surface area (TPSA) is 112 Å². The van der Waals surface area contributed by atoms with Crippen LogP contribution in [0.3, 0.4) is 0 Å². The van der Waals surface area contributed by atoms with E-state index in [-0.39, 0.29) is 18.1 Å². The average Bonchev–Trinajstić information content (AvgIpc) is 3.39. The first-order chi connectivity index (χ1) is 19.3. The summed E-state index contributed by atoms with van der Waals surface area (Å²) in [6.45, 7) is 1.99. The quantitative estimate of drug-likeness (QED) is 0.309. The Hall–Kier alpha value is -4.65. The molecule has 0 spiro atoms. The number of anilines is 2. The molecule has 5 heterocycles. The SMILES string of the molecule is COc1ncc2ncnc(Nc3ccc(Oc4ccn5cnnc5c4)c(C)c3)c2c1O[C@H]1CCN(C)CC1(F)F. The molecule has 4 aromatic heterocycles. The summed E-state index contributed by atoms with van der Waals surface area (Å²) in [5, 5.41) is 11.6. The summed E-state index contributed by atoms with van der Waals surface area (Å²) in [4.78, 5) is 14.5. The second-order valence-corrected chi connectivity index (χ2v) is 9.64. The predicted molar refractivity (Wildman–Crippen MR) is 143 cm³/mol. The van der Waals surface area contributed by atoms with Crippen LogP contribution in [0.5, 0.6) is 23.1 Å². The fraction of sp³-hybridized carbons (Fsp3) is 0.296. The molecule has 1 N–H and O–H groups in total. The molecule has 1 atom stereocenters. The largest absolute Gasteiger partial charge is 0.478 e. The molecule has 5 aromatic rings. The van der Waals surface area contributed by atoms with Crippen LogP contribution in [0.4, 0.5) is 20.3 Å². The summed E-state index contributed by atoms with van der Waals surface area (Å²) in [5.74, 6) is -1.28. The van der Waals surface area contributed by atoms with Crippen LogP contribution in [0.25, 0.3) is 16.6 Å².